The molecule has 2 heterocycles. The lowest BCUT2D eigenvalue weighted by Gasteiger charge is -2.11. The van der Waals surface area contributed by atoms with E-state index in [1.165, 1.54) is 16.9 Å². The van der Waals surface area contributed by atoms with Crippen molar-refractivity contribution in [3.63, 3.8) is 0 Å². The zero-order valence-corrected chi connectivity index (χ0v) is 10.6. The molecule has 0 aliphatic rings. The largest absolute Gasteiger partial charge is 0.359 e. The van der Waals surface area contributed by atoms with E-state index in [-0.39, 0.29) is 0 Å². The molecule has 0 aliphatic heterocycles. The molecule has 1 atom stereocenters. The van der Waals surface area contributed by atoms with E-state index < -0.39 is 0 Å². The number of thiazole rings is 1. The van der Waals surface area contributed by atoms with Gasteiger partial charge in [-0.2, -0.15) is 11.3 Å². The number of nitrogens with one attached hydrogen (secondary N) is 1. The second kappa shape index (κ2) is 4.96. The Kier molecular flexibility index (Phi) is 3.61. The topological polar surface area (TPSA) is 24.9 Å². The molecule has 2 nitrogen and oxygen atoms in total. The van der Waals surface area contributed by atoms with Crippen molar-refractivity contribution in [2.45, 2.75) is 19.4 Å². The highest BCUT2D eigenvalue weighted by Gasteiger charge is 2.06. The molecule has 0 aliphatic carbocycles. The lowest BCUT2D eigenvalue weighted by molar-refractivity contribution is 0.791. The molecule has 1 unspecified atom stereocenters. The van der Waals surface area contributed by atoms with Gasteiger partial charge in [0.15, 0.2) is 5.13 Å². The van der Waals surface area contributed by atoms with Gasteiger partial charge in [0.25, 0.3) is 0 Å². The van der Waals surface area contributed by atoms with Crippen molar-refractivity contribution in [2.75, 3.05) is 5.32 Å². The average Bonchev–Trinajstić information content (AvgIpc) is 2.77. The van der Waals surface area contributed by atoms with Crippen LogP contribution in [0.5, 0.6) is 0 Å². The highest BCUT2D eigenvalue weighted by Crippen LogP contribution is 2.20. The molecule has 5 heteroatoms. The van der Waals surface area contributed by atoms with E-state index in [0.29, 0.717) is 11.2 Å². The molecule has 15 heavy (non-hydrogen) atoms. The summed E-state index contributed by atoms with van der Waals surface area (Å²) >= 11 is 9.02. The molecule has 2 rings (SSSR count). The first-order chi connectivity index (χ1) is 7.24. The average molecular weight is 259 g/mol. The van der Waals surface area contributed by atoms with Crippen LogP contribution in [0.1, 0.15) is 12.5 Å². The number of thiophene rings is 1. The van der Waals surface area contributed by atoms with Gasteiger partial charge in [0.05, 0.1) is 0 Å². The lowest BCUT2D eigenvalue weighted by atomic mass is 10.1. The predicted molar refractivity (Wildman–Crippen MR) is 68.2 cm³/mol. The van der Waals surface area contributed by atoms with Crippen LogP contribution in [0.15, 0.2) is 22.2 Å². The lowest BCUT2D eigenvalue weighted by Crippen LogP contribution is -2.17. The summed E-state index contributed by atoms with van der Waals surface area (Å²) in [6.45, 7) is 2.15. The Morgan fingerprint density at radius 3 is 3.00 bits per heavy atom. The predicted octanol–water partition coefficient (Wildman–Crippen LogP) is 3.90. The number of halogens is 1. The van der Waals surface area contributed by atoms with Gasteiger partial charge in [0.1, 0.15) is 5.15 Å². The standard InChI is InChI=1S/C10H11ClN2S2/c1-7(4-8-2-3-14-5-8)12-10-13-9(11)6-15-10/h2-3,5-7H,4H2,1H3,(H,12,13). The Morgan fingerprint density at radius 2 is 2.40 bits per heavy atom. The van der Waals surface area contributed by atoms with Crippen LogP contribution in [-0.2, 0) is 6.42 Å². The van der Waals surface area contributed by atoms with Gasteiger partial charge in [0, 0.05) is 11.4 Å². The summed E-state index contributed by atoms with van der Waals surface area (Å²) in [6, 6.07) is 2.53. The van der Waals surface area contributed by atoms with Gasteiger partial charge in [-0.25, -0.2) is 4.98 Å². The number of anilines is 1. The van der Waals surface area contributed by atoms with Gasteiger partial charge < -0.3 is 5.32 Å². The van der Waals surface area contributed by atoms with Crippen LogP contribution < -0.4 is 5.32 Å². The summed E-state index contributed by atoms with van der Waals surface area (Å²) < 4.78 is 0. The molecule has 80 valence electrons. The first-order valence-electron chi connectivity index (χ1n) is 4.62. The van der Waals surface area contributed by atoms with Crippen LogP contribution in [0.2, 0.25) is 5.15 Å². The van der Waals surface area contributed by atoms with Gasteiger partial charge in [-0.1, -0.05) is 11.6 Å². The van der Waals surface area contributed by atoms with Crippen LogP contribution >= 0.6 is 34.3 Å². The molecule has 0 fully saturated rings. The molecule has 0 bridgehead atoms. The molecule has 2 aromatic heterocycles. The zero-order valence-electron chi connectivity index (χ0n) is 8.24. The number of aromatic nitrogens is 1. The van der Waals surface area contributed by atoms with Crippen molar-refractivity contribution in [1.82, 2.24) is 4.98 Å². The van der Waals surface area contributed by atoms with Crippen LogP contribution in [0.4, 0.5) is 5.13 Å². The minimum absolute atomic E-state index is 0.377. The Morgan fingerprint density at radius 1 is 1.53 bits per heavy atom. The summed E-state index contributed by atoms with van der Waals surface area (Å²) in [4.78, 5) is 4.16. The molecule has 0 saturated carbocycles. The summed E-state index contributed by atoms with van der Waals surface area (Å²) in [5.74, 6) is 0. The molecule has 0 saturated heterocycles. The third-order valence-corrected chi connectivity index (χ3v) is 3.80. The molecule has 1 N–H and O–H groups in total. The number of hydrogen-bond donors (Lipinski definition) is 1. The highest BCUT2D eigenvalue weighted by molar-refractivity contribution is 7.14. The Hall–Kier alpha value is -0.580. The van der Waals surface area contributed by atoms with Gasteiger partial charge >= 0.3 is 0 Å². The maximum Gasteiger partial charge on any atom is 0.184 e. The maximum absolute atomic E-state index is 5.75. The van der Waals surface area contributed by atoms with Crippen LogP contribution in [0, 0.1) is 0 Å². The minimum Gasteiger partial charge on any atom is -0.359 e. The molecular formula is C10H11ClN2S2. The fourth-order valence-corrected chi connectivity index (χ4v) is 2.98. The fourth-order valence-electron chi connectivity index (χ4n) is 1.34. The monoisotopic (exact) mass is 258 g/mol. The van der Waals surface area contributed by atoms with Gasteiger partial charge in [0.2, 0.25) is 0 Å². The number of nitrogens with zero attached hydrogens (tertiary/aromatic N) is 1. The number of hydrogen-bond acceptors (Lipinski definition) is 4. The third-order valence-electron chi connectivity index (χ3n) is 1.97. The van der Waals surface area contributed by atoms with Crippen molar-refractivity contribution in [1.29, 1.82) is 0 Å². The Labute approximate surface area is 102 Å². The van der Waals surface area contributed by atoms with Crippen molar-refractivity contribution in [3.05, 3.63) is 32.9 Å². The first kappa shape index (κ1) is 10.9. The fraction of sp³-hybridized carbons (Fsp3) is 0.300. The van der Waals surface area contributed by atoms with Crippen molar-refractivity contribution < 1.29 is 0 Å². The van der Waals surface area contributed by atoms with Crippen molar-refractivity contribution in [3.8, 4) is 0 Å². The van der Waals surface area contributed by atoms with Crippen molar-refractivity contribution >= 4 is 39.4 Å². The molecule has 0 radical (unpaired) electrons. The Balaban J connectivity index is 1.90. The Bertz CT molecular complexity index is 411. The van der Waals surface area contributed by atoms with Crippen LogP contribution in [-0.4, -0.2) is 11.0 Å². The van der Waals surface area contributed by atoms with E-state index in [2.05, 4.69) is 34.1 Å². The van der Waals surface area contributed by atoms with Crippen LogP contribution in [0.3, 0.4) is 0 Å². The van der Waals surface area contributed by atoms with E-state index in [9.17, 15) is 0 Å². The van der Waals surface area contributed by atoms with E-state index in [0.717, 1.165) is 11.6 Å². The van der Waals surface area contributed by atoms with E-state index in [1.807, 2.05) is 5.38 Å². The smallest absolute Gasteiger partial charge is 0.184 e. The van der Waals surface area contributed by atoms with E-state index >= 15 is 0 Å². The van der Waals surface area contributed by atoms with Crippen molar-refractivity contribution in [2.24, 2.45) is 0 Å². The number of rotatable bonds is 4. The molecule has 0 spiro atoms. The van der Waals surface area contributed by atoms with Gasteiger partial charge in [-0.15, -0.1) is 11.3 Å². The second-order valence-corrected chi connectivity index (χ2v) is 5.38. The molecule has 0 amide bonds. The molecule has 2 aromatic rings. The normalized spacial score (nSPS) is 12.7. The summed E-state index contributed by atoms with van der Waals surface area (Å²) in [5.41, 5.74) is 1.36. The summed E-state index contributed by atoms with van der Waals surface area (Å²) in [7, 11) is 0. The van der Waals surface area contributed by atoms with Crippen LogP contribution in [0.25, 0.3) is 0 Å². The summed E-state index contributed by atoms with van der Waals surface area (Å²) in [5, 5.41) is 10.9. The second-order valence-electron chi connectivity index (χ2n) is 3.36. The van der Waals surface area contributed by atoms with Gasteiger partial charge in [-0.05, 0) is 35.7 Å². The maximum atomic E-state index is 5.75. The SMILES string of the molecule is CC(Cc1ccsc1)Nc1nc(Cl)cs1. The zero-order chi connectivity index (χ0) is 10.7. The van der Waals surface area contributed by atoms with E-state index in [1.54, 1.807) is 11.3 Å². The third kappa shape index (κ3) is 3.19. The first-order valence-corrected chi connectivity index (χ1v) is 6.83. The highest BCUT2D eigenvalue weighted by atomic mass is 35.5. The van der Waals surface area contributed by atoms with E-state index in [4.69, 9.17) is 11.6 Å². The summed E-state index contributed by atoms with van der Waals surface area (Å²) in [6.07, 6.45) is 1.01. The quantitative estimate of drug-likeness (QED) is 0.900. The minimum atomic E-state index is 0.377. The molecular weight excluding hydrogens is 248 g/mol. The molecule has 0 aromatic carbocycles. The van der Waals surface area contributed by atoms with Gasteiger partial charge in [-0.3, -0.25) is 0 Å².